The van der Waals surface area contributed by atoms with Crippen molar-refractivity contribution in [3.63, 3.8) is 0 Å². The van der Waals surface area contributed by atoms with Crippen LogP contribution >= 0.6 is 23.2 Å². The highest BCUT2D eigenvalue weighted by Gasteiger charge is 2.04. The first-order valence-corrected chi connectivity index (χ1v) is 5.85. The lowest BCUT2D eigenvalue weighted by Crippen LogP contribution is -2.27. The van der Waals surface area contributed by atoms with E-state index < -0.39 is 6.23 Å². The molecule has 90 valence electrons. The van der Waals surface area contributed by atoms with E-state index in [9.17, 15) is 0 Å². The number of hydrogen-bond acceptors (Lipinski definition) is 3. The molecule has 0 aromatic heterocycles. The standard InChI is InChI=1S/C11H15Cl2NO2/c1-8(15)14-6-3-7-16-10-5-2-4-9(12)11(10)13/h2,4-5,8,14-15H,3,6-7H2,1H3. The van der Waals surface area contributed by atoms with E-state index in [1.54, 1.807) is 25.1 Å². The average molecular weight is 264 g/mol. The molecule has 0 radical (unpaired) electrons. The molecule has 0 aliphatic carbocycles. The first-order valence-electron chi connectivity index (χ1n) is 5.09. The van der Waals surface area contributed by atoms with E-state index in [1.807, 2.05) is 0 Å². The third-order valence-electron chi connectivity index (χ3n) is 1.93. The first kappa shape index (κ1) is 13.6. The predicted octanol–water partition coefficient (Wildman–Crippen LogP) is 2.69. The van der Waals surface area contributed by atoms with Crippen LogP contribution in [0.1, 0.15) is 13.3 Å². The zero-order chi connectivity index (χ0) is 12.0. The van der Waals surface area contributed by atoms with Gasteiger partial charge in [0.15, 0.2) is 0 Å². The summed E-state index contributed by atoms with van der Waals surface area (Å²) >= 11 is 11.8. The van der Waals surface area contributed by atoms with Crippen molar-refractivity contribution < 1.29 is 9.84 Å². The highest BCUT2D eigenvalue weighted by molar-refractivity contribution is 6.42. The van der Waals surface area contributed by atoms with Gasteiger partial charge < -0.3 is 9.84 Å². The molecule has 5 heteroatoms. The van der Waals surface area contributed by atoms with Gasteiger partial charge in [-0.1, -0.05) is 29.3 Å². The minimum atomic E-state index is -0.491. The van der Waals surface area contributed by atoms with Crippen LogP contribution in [0.15, 0.2) is 18.2 Å². The fraction of sp³-hybridized carbons (Fsp3) is 0.455. The molecular formula is C11H15Cl2NO2. The Kier molecular flexibility index (Phi) is 5.91. The lowest BCUT2D eigenvalue weighted by molar-refractivity contribution is 0.153. The molecule has 1 aromatic carbocycles. The zero-order valence-electron chi connectivity index (χ0n) is 9.04. The van der Waals surface area contributed by atoms with E-state index in [0.29, 0.717) is 28.9 Å². The Balaban J connectivity index is 2.29. The fourth-order valence-electron chi connectivity index (χ4n) is 1.16. The van der Waals surface area contributed by atoms with Crippen LogP contribution in [0.5, 0.6) is 5.75 Å². The Morgan fingerprint density at radius 2 is 2.19 bits per heavy atom. The summed E-state index contributed by atoms with van der Waals surface area (Å²) in [6.45, 7) is 2.89. The Labute approximate surface area is 105 Å². The maximum Gasteiger partial charge on any atom is 0.139 e. The second-order valence-corrected chi connectivity index (χ2v) is 4.17. The molecule has 16 heavy (non-hydrogen) atoms. The molecule has 3 nitrogen and oxygen atoms in total. The van der Waals surface area contributed by atoms with Gasteiger partial charge in [0.1, 0.15) is 17.0 Å². The van der Waals surface area contributed by atoms with Crippen molar-refractivity contribution in [2.75, 3.05) is 13.2 Å². The maximum absolute atomic E-state index is 8.96. The van der Waals surface area contributed by atoms with Gasteiger partial charge in [0.05, 0.1) is 11.6 Å². The van der Waals surface area contributed by atoms with Crippen LogP contribution in [-0.4, -0.2) is 24.5 Å². The number of aliphatic hydroxyl groups excluding tert-OH is 1. The number of benzene rings is 1. The average Bonchev–Trinajstić information content (AvgIpc) is 2.23. The second kappa shape index (κ2) is 6.97. The molecule has 0 aliphatic rings. The number of nitrogens with one attached hydrogen (secondary N) is 1. The largest absolute Gasteiger partial charge is 0.492 e. The van der Waals surface area contributed by atoms with Gasteiger partial charge in [-0.05, 0) is 25.5 Å². The van der Waals surface area contributed by atoms with Gasteiger partial charge in [0, 0.05) is 6.54 Å². The van der Waals surface area contributed by atoms with Gasteiger partial charge in [-0.15, -0.1) is 0 Å². The van der Waals surface area contributed by atoms with E-state index in [2.05, 4.69) is 5.32 Å². The summed E-state index contributed by atoms with van der Waals surface area (Å²) in [4.78, 5) is 0. The third kappa shape index (κ3) is 4.58. The Morgan fingerprint density at radius 3 is 2.88 bits per heavy atom. The van der Waals surface area contributed by atoms with Gasteiger partial charge in [-0.3, -0.25) is 5.32 Å². The lowest BCUT2D eigenvalue weighted by Gasteiger charge is -2.10. The number of halogens is 2. The third-order valence-corrected chi connectivity index (χ3v) is 2.74. The topological polar surface area (TPSA) is 41.5 Å². The van der Waals surface area contributed by atoms with Crippen molar-refractivity contribution in [3.8, 4) is 5.75 Å². The lowest BCUT2D eigenvalue weighted by atomic mass is 10.3. The Hall–Kier alpha value is -0.480. The van der Waals surface area contributed by atoms with Crippen LogP contribution in [0.25, 0.3) is 0 Å². The van der Waals surface area contributed by atoms with Crippen LogP contribution in [0.3, 0.4) is 0 Å². The monoisotopic (exact) mass is 263 g/mol. The summed E-state index contributed by atoms with van der Waals surface area (Å²) in [5.74, 6) is 0.589. The van der Waals surface area contributed by atoms with Crippen LogP contribution in [0.2, 0.25) is 10.0 Å². The molecule has 1 aromatic rings. The molecule has 0 fully saturated rings. The van der Waals surface area contributed by atoms with Crippen LogP contribution in [-0.2, 0) is 0 Å². The van der Waals surface area contributed by atoms with Gasteiger partial charge >= 0.3 is 0 Å². The SMILES string of the molecule is CC(O)NCCCOc1cccc(Cl)c1Cl. The quantitative estimate of drug-likeness (QED) is 0.613. The van der Waals surface area contributed by atoms with Gasteiger partial charge in [0.2, 0.25) is 0 Å². The molecular weight excluding hydrogens is 249 g/mol. The zero-order valence-corrected chi connectivity index (χ0v) is 10.6. The summed E-state index contributed by atoms with van der Waals surface area (Å²) < 4.78 is 5.46. The van der Waals surface area contributed by atoms with Crippen molar-refractivity contribution >= 4 is 23.2 Å². The summed E-state index contributed by atoms with van der Waals surface area (Å²) in [5.41, 5.74) is 0. The van der Waals surface area contributed by atoms with E-state index in [1.165, 1.54) is 0 Å². The molecule has 1 unspecified atom stereocenters. The van der Waals surface area contributed by atoms with E-state index in [4.69, 9.17) is 33.0 Å². The minimum absolute atomic E-state index is 0.438. The number of aliphatic hydroxyl groups is 1. The summed E-state index contributed by atoms with van der Waals surface area (Å²) in [7, 11) is 0. The van der Waals surface area contributed by atoms with Crippen molar-refractivity contribution in [3.05, 3.63) is 28.2 Å². The van der Waals surface area contributed by atoms with Crippen LogP contribution < -0.4 is 10.1 Å². The van der Waals surface area contributed by atoms with Crippen LogP contribution in [0.4, 0.5) is 0 Å². The molecule has 0 aliphatic heterocycles. The molecule has 0 spiro atoms. The Bertz CT molecular complexity index is 332. The predicted molar refractivity (Wildman–Crippen MR) is 66.3 cm³/mol. The van der Waals surface area contributed by atoms with E-state index >= 15 is 0 Å². The smallest absolute Gasteiger partial charge is 0.139 e. The summed E-state index contributed by atoms with van der Waals surface area (Å²) in [6.07, 6.45) is 0.294. The van der Waals surface area contributed by atoms with Crippen molar-refractivity contribution in [1.82, 2.24) is 5.32 Å². The van der Waals surface area contributed by atoms with Crippen LogP contribution in [0, 0.1) is 0 Å². The minimum Gasteiger partial charge on any atom is -0.492 e. The maximum atomic E-state index is 8.96. The van der Waals surface area contributed by atoms with E-state index in [-0.39, 0.29) is 0 Å². The molecule has 1 rings (SSSR count). The highest BCUT2D eigenvalue weighted by Crippen LogP contribution is 2.31. The number of rotatable bonds is 6. The molecule has 0 bridgehead atoms. The van der Waals surface area contributed by atoms with E-state index in [0.717, 1.165) is 6.42 Å². The van der Waals surface area contributed by atoms with Gasteiger partial charge in [-0.2, -0.15) is 0 Å². The summed E-state index contributed by atoms with van der Waals surface area (Å²) in [5, 5.41) is 12.8. The highest BCUT2D eigenvalue weighted by atomic mass is 35.5. The molecule has 0 saturated carbocycles. The van der Waals surface area contributed by atoms with Gasteiger partial charge in [-0.25, -0.2) is 0 Å². The molecule has 1 atom stereocenters. The molecule has 0 saturated heterocycles. The first-order chi connectivity index (χ1) is 7.61. The summed E-state index contributed by atoms with van der Waals surface area (Å²) in [6, 6.07) is 5.28. The van der Waals surface area contributed by atoms with Crippen molar-refractivity contribution in [2.24, 2.45) is 0 Å². The second-order valence-electron chi connectivity index (χ2n) is 3.38. The van der Waals surface area contributed by atoms with Crippen molar-refractivity contribution in [1.29, 1.82) is 0 Å². The number of hydrogen-bond donors (Lipinski definition) is 2. The fourth-order valence-corrected chi connectivity index (χ4v) is 1.51. The number of ether oxygens (including phenoxy) is 1. The van der Waals surface area contributed by atoms with Crippen molar-refractivity contribution in [2.45, 2.75) is 19.6 Å². The normalized spacial score (nSPS) is 12.5. The molecule has 0 heterocycles. The van der Waals surface area contributed by atoms with Gasteiger partial charge in [0.25, 0.3) is 0 Å². The Morgan fingerprint density at radius 1 is 1.44 bits per heavy atom. The molecule has 2 N–H and O–H groups in total. The molecule has 0 amide bonds.